The minimum absolute atomic E-state index is 0.0867. The van der Waals surface area contributed by atoms with Crippen molar-refractivity contribution in [2.75, 3.05) is 5.32 Å². The predicted octanol–water partition coefficient (Wildman–Crippen LogP) is 0.705. The summed E-state index contributed by atoms with van der Waals surface area (Å²) in [6, 6.07) is 3.41. The number of hydrogen-bond donors (Lipinski definition) is 1. The Kier molecular flexibility index (Phi) is 3.11. The fraction of sp³-hybridized carbons (Fsp3) is 0. The first kappa shape index (κ1) is 11.9. The SMILES string of the molecule is O=C(Nc1cnc(-n2cccn2)nc1)c1ncccn1. The van der Waals surface area contributed by atoms with E-state index in [1.807, 2.05) is 0 Å². The normalized spacial score (nSPS) is 10.2. The van der Waals surface area contributed by atoms with Gasteiger partial charge in [-0.1, -0.05) is 0 Å². The fourth-order valence-corrected chi connectivity index (χ4v) is 1.49. The summed E-state index contributed by atoms with van der Waals surface area (Å²) in [4.78, 5) is 27.7. The average molecular weight is 267 g/mol. The molecule has 98 valence electrons. The maximum absolute atomic E-state index is 11.8. The Morgan fingerprint density at radius 2 is 1.75 bits per heavy atom. The zero-order chi connectivity index (χ0) is 13.8. The van der Waals surface area contributed by atoms with Gasteiger partial charge in [-0.2, -0.15) is 5.10 Å². The summed E-state index contributed by atoms with van der Waals surface area (Å²) in [5.41, 5.74) is 0.457. The Morgan fingerprint density at radius 3 is 2.40 bits per heavy atom. The van der Waals surface area contributed by atoms with E-state index in [0.29, 0.717) is 11.6 Å². The number of nitrogens with one attached hydrogen (secondary N) is 1. The van der Waals surface area contributed by atoms with Gasteiger partial charge in [0.25, 0.3) is 11.9 Å². The fourth-order valence-electron chi connectivity index (χ4n) is 1.49. The number of amides is 1. The highest BCUT2D eigenvalue weighted by Gasteiger charge is 2.09. The zero-order valence-corrected chi connectivity index (χ0v) is 10.2. The third kappa shape index (κ3) is 2.48. The second-order valence-electron chi connectivity index (χ2n) is 3.75. The summed E-state index contributed by atoms with van der Waals surface area (Å²) < 4.78 is 1.52. The lowest BCUT2D eigenvalue weighted by Gasteiger charge is -2.04. The molecule has 0 saturated carbocycles. The lowest BCUT2D eigenvalue weighted by Crippen LogP contribution is -2.15. The molecule has 1 amide bonds. The van der Waals surface area contributed by atoms with E-state index in [0.717, 1.165) is 0 Å². The van der Waals surface area contributed by atoms with Crippen LogP contribution in [0.5, 0.6) is 0 Å². The lowest BCUT2D eigenvalue weighted by atomic mass is 10.4. The van der Waals surface area contributed by atoms with Gasteiger partial charge < -0.3 is 5.32 Å². The number of carbonyl (C=O) groups is 1. The van der Waals surface area contributed by atoms with Crippen LogP contribution in [0.15, 0.2) is 49.3 Å². The maximum atomic E-state index is 11.8. The molecule has 0 aliphatic rings. The van der Waals surface area contributed by atoms with Crippen LogP contribution in [0.2, 0.25) is 0 Å². The molecular formula is C12H9N7O. The highest BCUT2D eigenvalue weighted by Crippen LogP contribution is 2.06. The van der Waals surface area contributed by atoms with Crippen LogP contribution in [-0.4, -0.2) is 35.6 Å². The Balaban J connectivity index is 1.74. The molecule has 0 radical (unpaired) electrons. The first-order valence-corrected chi connectivity index (χ1v) is 5.73. The molecule has 3 heterocycles. The van der Waals surface area contributed by atoms with Crippen molar-refractivity contribution in [2.45, 2.75) is 0 Å². The molecular weight excluding hydrogens is 258 g/mol. The first-order chi connectivity index (χ1) is 9.83. The maximum Gasteiger partial charge on any atom is 0.293 e. The van der Waals surface area contributed by atoms with Gasteiger partial charge >= 0.3 is 0 Å². The predicted molar refractivity (Wildman–Crippen MR) is 69.1 cm³/mol. The van der Waals surface area contributed by atoms with E-state index < -0.39 is 5.91 Å². The van der Waals surface area contributed by atoms with Crippen molar-refractivity contribution in [3.8, 4) is 5.95 Å². The van der Waals surface area contributed by atoms with Gasteiger partial charge in [0, 0.05) is 24.8 Å². The molecule has 0 unspecified atom stereocenters. The summed E-state index contributed by atoms with van der Waals surface area (Å²) in [5.74, 6) is 0.0913. The number of anilines is 1. The Morgan fingerprint density at radius 1 is 1.00 bits per heavy atom. The molecule has 0 fully saturated rings. The number of rotatable bonds is 3. The molecule has 8 heteroatoms. The molecule has 0 saturated heterocycles. The van der Waals surface area contributed by atoms with E-state index >= 15 is 0 Å². The van der Waals surface area contributed by atoms with Crippen molar-refractivity contribution in [2.24, 2.45) is 0 Å². The lowest BCUT2D eigenvalue weighted by molar-refractivity contribution is 0.101. The molecule has 0 spiro atoms. The second kappa shape index (κ2) is 5.22. The Labute approximate surface area is 113 Å². The van der Waals surface area contributed by atoms with Crippen molar-refractivity contribution in [3.63, 3.8) is 0 Å². The second-order valence-corrected chi connectivity index (χ2v) is 3.75. The average Bonchev–Trinajstić information content (AvgIpc) is 3.03. The highest BCUT2D eigenvalue weighted by molar-refractivity contribution is 6.01. The molecule has 0 aliphatic carbocycles. The van der Waals surface area contributed by atoms with E-state index in [2.05, 4.69) is 30.4 Å². The van der Waals surface area contributed by atoms with Crippen LogP contribution in [0.25, 0.3) is 5.95 Å². The summed E-state index contributed by atoms with van der Waals surface area (Å²) in [6.45, 7) is 0. The first-order valence-electron chi connectivity index (χ1n) is 5.73. The van der Waals surface area contributed by atoms with Gasteiger partial charge in [-0.15, -0.1) is 0 Å². The van der Waals surface area contributed by atoms with E-state index in [1.54, 1.807) is 24.5 Å². The summed E-state index contributed by atoms with van der Waals surface area (Å²) >= 11 is 0. The Hall–Kier alpha value is -3.16. The Bertz CT molecular complexity index is 694. The van der Waals surface area contributed by atoms with E-state index in [-0.39, 0.29) is 5.82 Å². The quantitative estimate of drug-likeness (QED) is 0.750. The van der Waals surface area contributed by atoms with Gasteiger partial charge in [0.15, 0.2) is 0 Å². The number of hydrogen-bond acceptors (Lipinski definition) is 6. The molecule has 3 aromatic heterocycles. The van der Waals surface area contributed by atoms with Gasteiger partial charge in [-0.05, 0) is 12.1 Å². The van der Waals surface area contributed by atoms with Crippen LogP contribution in [0.4, 0.5) is 5.69 Å². The number of nitrogens with zero attached hydrogens (tertiary/aromatic N) is 6. The smallest absolute Gasteiger partial charge is 0.293 e. The van der Waals surface area contributed by atoms with Crippen molar-refractivity contribution in [1.82, 2.24) is 29.7 Å². The van der Waals surface area contributed by atoms with Gasteiger partial charge in [-0.3, -0.25) is 4.79 Å². The van der Waals surface area contributed by atoms with E-state index in [1.165, 1.54) is 29.5 Å². The molecule has 3 aromatic rings. The van der Waals surface area contributed by atoms with E-state index in [9.17, 15) is 4.79 Å². The molecule has 8 nitrogen and oxygen atoms in total. The van der Waals surface area contributed by atoms with Gasteiger partial charge in [0.2, 0.25) is 5.82 Å². The minimum Gasteiger partial charge on any atom is -0.317 e. The molecule has 0 bridgehead atoms. The van der Waals surface area contributed by atoms with Crippen LogP contribution in [0.1, 0.15) is 10.6 Å². The van der Waals surface area contributed by atoms with Crippen LogP contribution < -0.4 is 5.32 Å². The molecule has 3 rings (SSSR count). The molecule has 20 heavy (non-hydrogen) atoms. The summed E-state index contributed by atoms with van der Waals surface area (Å²) in [7, 11) is 0. The molecule has 0 aromatic carbocycles. The highest BCUT2D eigenvalue weighted by atomic mass is 16.2. The molecule has 1 N–H and O–H groups in total. The third-order valence-electron chi connectivity index (χ3n) is 2.37. The standard InChI is InChI=1S/C12H9N7O/c20-11(10-13-3-1-4-14-10)18-9-7-15-12(16-8-9)19-6-2-5-17-19/h1-8H,(H,18,20). The monoisotopic (exact) mass is 267 g/mol. The largest absolute Gasteiger partial charge is 0.317 e. The van der Waals surface area contributed by atoms with Crippen molar-refractivity contribution < 1.29 is 4.79 Å². The summed E-state index contributed by atoms with van der Waals surface area (Å²) in [6.07, 6.45) is 9.34. The minimum atomic E-state index is -0.416. The molecule has 0 atom stereocenters. The van der Waals surface area contributed by atoms with Crippen molar-refractivity contribution in [3.05, 3.63) is 55.1 Å². The van der Waals surface area contributed by atoms with Crippen LogP contribution in [0.3, 0.4) is 0 Å². The van der Waals surface area contributed by atoms with Gasteiger partial charge in [0.05, 0.1) is 18.1 Å². The third-order valence-corrected chi connectivity index (χ3v) is 2.37. The number of aromatic nitrogens is 6. The van der Waals surface area contributed by atoms with Crippen molar-refractivity contribution >= 4 is 11.6 Å². The number of carbonyl (C=O) groups excluding carboxylic acids is 1. The van der Waals surface area contributed by atoms with E-state index in [4.69, 9.17) is 0 Å². The van der Waals surface area contributed by atoms with Crippen molar-refractivity contribution in [1.29, 1.82) is 0 Å². The zero-order valence-electron chi connectivity index (χ0n) is 10.2. The van der Waals surface area contributed by atoms with Crippen LogP contribution in [0, 0.1) is 0 Å². The summed E-state index contributed by atoms with van der Waals surface area (Å²) in [5, 5.41) is 6.62. The van der Waals surface area contributed by atoms with Crippen LogP contribution >= 0.6 is 0 Å². The van der Waals surface area contributed by atoms with Gasteiger partial charge in [-0.25, -0.2) is 24.6 Å². The van der Waals surface area contributed by atoms with Crippen LogP contribution in [-0.2, 0) is 0 Å². The molecule has 0 aliphatic heterocycles. The topological polar surface area (TPSA) is 98.5 Å². The van der Waals surface area contributed by atoms with Gasteiger partial charge in [0.1, 0.15) is 0 Å².